The second-order valence-electron chi connectivity index (χ2n) is 1.29. The molecule has 0 aromatic heterocycles. The van der Waals surface area contributed by atoms with Gasteiger partial charge in [0.05, 0.1) is 12.5 Å². The van der Waals surface area contributed by atoms with Gasteiger partial charge in [-0.1, -0.05) is 11.8 Å². The van der Waals surface area contributed by atoms with Crippen LogP contribution in [-0.2, 0) is 9.53 Å². The highest BCUT2D eigenvalue weighted by molar-refractivity contribution is 8.13. The maximum atomic E-state index is 10.3. The van der Waals surface area contributed by atoms with Gasteiger partial charge in [-0.3, -0.25) is 4.79 Å². The Bertz CT molecular complexity index is 73.8. The van der Waals surface area contributed by atoms with Crippen molar-refractivity contribution in [3.05, 3.63) is 0 Å². The zero-order chi connectivity index (χ0) is 5.11. The van der Waals surface area contributed by atoms with Crippen molar-refractivity contribution in [3.8, 4) is 0 Å². The topological polar surface area (TPSA) is 26.3 Å². The van der Waals surface area contributed by atoms with Crippen molar-refractivity contribution >= 4 is 16.9 Å². The summed E-state index contributed by atoms with van der Waals surface area (Å²) in [7, 11) is 0. The molecule has 0 bridgehead atoms. The predicted octanol–water partition coefficient (Wildman–Crippen LogP) is 0.624. The van der Waals surface area contributed by atoms with Gasteiger partial charge in [-0.2, -0.15) is 0 Å². The van der Waals surface area contributed by atoms with E-state index in [9.17, 15) is 4.79 Å². The van der Waals surface area contributed by atoms with E-state index >= 15 is 0 Å². The number of rotatable bonds is 0. The summed E-state index contributed by atoms with van der Waals surface area (Å²) in [6.07, 6.45) is 0.588. The second-order valence-corrected chi connectivity index (χ2v) is 2.27. The van der Waals surface area contributed by atoms with Gasteiger partial charge in [-0.15, -0.1) is 0 Å². The van der Waals surface area contributed by atoms with E-state index in [1.165, 1.54) is 11.8 Å². The van der Waals surface area contributed by atoms with Gasteiger partial charge < -0.3 is 4.74 Å². The molecule has 2 nitrogen and oxygen atoms in total. The van der Waals surface area contributed by atoms with Gasteiger partial charge in [-0.25, -0.2) is 0 Å². The first-order chi connectivity index (χ1) is 3.39. The van der Waals surface area contributed by atoms with Crippen molar-refractivity contribution < 1.29 is 9.53 Å². The van der Waals surface area contributed by atoms with E-state index < -0.39 is 0 Å². The van der Waals surface area contributed by atoms with Crippen molar-refractivity contribution in [2.24, 2.45) is 0 Å². The molecule has 1 rings (SSSR count). The third-order valence-electron chi connectivity index (χ3n) is 0.754. The molecule has 0 saturated carbocycles. The van der Waals surface area contributed by atoms with Crippen LogP contribution in [0.5, 0.6) is 0 Å². The summed E-state index contributed by atoms with van der Waals surface area (Å²) >= 11 is 1.26. The molecule has 0 aromatic rings. The minimum Gasteiger partial charge on any atom is -0.370 e. The standard InChI is InChI=1S/C4H6O2S/c5-4-1-2-6-3-7-4/h1-3H2. The third-order valence-corrected chi connectivity index (χ3v) is 1.56. The SMILES string of the molecule is O=C1CCOCS1. The van der Waals surface area contributed by atoms with Crippen LogP contribution in [0.1, 0.15) is 6.42 Å². The Morgan fingerprint density at radius 1 is 1.71 bits per heavy atom. The van der Waals surface area contributed by atoms with E-state index in [1.54, 1.807) is 0 Å². The highest BCUT2D eigenvalue weighted by Gasteiger charge is 2.06. The summed E-state index contributed by atoms with van der Waals surface area (Å²) in [5, 5.41) is 0.256. The zero-order valence-electron chi connectivity index (χ0n) is 3.85. The summed E-state index contributed by atoms with van der Waals surface area (Å²) < 4.78 is 4.88. The van der Waals surface area contributed by atoms with Gasteiger partial charge in [0, 0.05) is 6.42 Å². The fraction of sp³-hybridized carbons (Fsp3) is 0.750. The van der Waals surface area contributed by atoms with E-state index in [4.69, 9.17) is 4.74 Å². The molecule has 7 heavy (non-hydrogen) atoms. The van der Waals surface area contributed by atoms with Crippen LogP contribution in [0.2, 0.25) is 0 Å². The lowest BCUT2D eigenvalue weighted by atomic mass is 10.5. The first-order valence-corrected chi connectivity index (χ1v) is 3.11. The second kappa shape index (κ2) is 2.33. The number of hydrogen-bond acceptors (Lipinski definition) is 3. The Hall–Kier alpha value is -0.0200. The van der Waals surface area contributed by atoms with Gasteiger partial charge in [0.25, 0.3) is 0 Å². The summed E-state index contributed by atoms with van der Waals surface area (Å²) in [6.45, 7) is 0.617. The number of carbonyl (C=O) groups is 1. The molecule has 1 saturated heterocycles. The Morgan fingerprint density at radius 2 is 2.57 bits per heavy atom. The van der Waals surface area contributed by atoms with E-state index in [2.05, 4.69) is 0 Å². The Kier molecular flexibility index (Phi) is 1.70. The minimum absolute atomic E-state index is 0.256. The fourth-order valence-corrected chi connectivity index (χ4v) is 0.954. The van der Waals surface area contributed by atoms with E-state index in [0.29, 0.717) is 19.0 Å². The molecule has 0 atom stereocenters. The summed E-state index contributed by atoms with van der Waals surface area (Å²) in [5.41, 5.74) is 0. The molecule has 3 heteroatoms. The molecule has 0 amide bonds. The third kappa shape index (κ3) is 1.49. The van der Waals surface area contributed by atoms with Gasteiger partial charge in [0.15, 0.2) is 5.12 Å². The fourth-order valence-electron chi connectivity index (χ4n) is 0.394. The number of carbonyl (C=O) groups excluding carboxylic acids is 1. The van der Waals surface area contributed by atoms with Crippen molar-refractivity contribution in [3.63, 3.8) is 0 Å². The minimum atomic E-state index is 0.256. The van der Waals surface area contributed by atoms with E-state index in [0.717, 1.165) is 0 Å². The summed E-state index contributed by atoms with van der Waals surface area (Å²) in [4.78, 5) is 10.3. The van der Waals surface area contributed by atoms with Crippen LogP contribution in [0.3, 0.4) is 0 Å². The van der Waals surface area contributed by atoms with Crippen LogP contribution in [0, 0.1) is 0 Å². The average molecular weight is 118 g/mol. The normalized spacial score (nSPS) is 22.6. The maximum absolute atomic E-state index is 10.3. The van der Waals surface area contributed by atoms with Crippen LogP contribution in [0.4, 0.5) is 0 Å². The molecule has 1 aliphatic rings. The molecule has 0 spiro atoms. The highest BCUT2D eigenvalue weighted by Crippen LogP contribution is 2.10. The smallest absolute Gasteiger partial charge is 0.193 e. The Balaban J connectivity index is 2.25. The van der Waals surface area contributed by atoms with Crippen LogP contribution in [-0.4, -0.2) is 17.7 Å². The van der Waals surface area contributed by atoms with Crippen molar-refractivity contribution in [1.82, 2.24) is 0 Å². The van der Waals surface area contributed by atoms with Crippen LogP contribution < -0.4 is 0 Å². The van der Waals surface area contributed by atoms with E-state index in [-0.39, 0.29) is 5.12 Å². The molecule has 40 valence electrons. The molecule has 0 N–H and O–H groups in total. The van der Waals surface area contributed by atoms with Crippen LogP contribution in [0.25, 0.3) is 0 Å². The summed E-state index contributed by atoms with van der Waals surface area (Å²) in [6, 6.07) is 0. The number of hydrogen-bond donors (Lipinski definition) is 0. The average Bonchev–Trinajstić information content (AvgIpc) is 1.69. The van der Waals surface area contributed by atoms with Gasteiger partial charge in [-0.05, 0) is 0 Å². The molecule has 0 unspecified atom stereocenters. The van der Waals surface area contributed by atoms with Gasteiger partial charge >= 0.3 is 0 Å². The predicted molar refractivity (Wildman–Crippen MR) is 28.0 cm³/mol. The lowest BCUT2D eigenvalue weighted by Gasteiger charge is -2.06. The maximum Gasteiger partial charge on any atom is 0.193 e. The lowest BCUT2D eigenvalue weighted by molar-refractivity contribution is -0.112. The highest BCUT2D eigenvalue weighted by atomic mass is 32.2. The molecular weight excluding hydrogens is 112 g/mol. The lowest BCUT2D eigenvalue weighted by Crippen LogP contribution is -2.08. The first kappa shape index (κ1) is 5.12. The van der Waals surface area contributed by atoms with E-state index in [1.807, 2.05) is 0 Å². The molecular formula is C4H6O2S. The van der Waals surface area contributed by atoms with Crippen molar-refractivity contribution in [2.75, 3.05) is 12.5 Å². The molecule has 1 aliphatic heterocycles. The zero-order valence-corrected chi connectivity index (χ0v) is 4.66. The Labute approximate surface area is 46.2 Å². The molecule has 0 radical (unpaired) electrons. The summed E-state index contributed by atoms with van der Waals surface area (Å²) in [5.74, 6) is 0.554. The van der Waals surface area contributed by atoms with Crippen molar-refractivity contribution in [2.45, 2.75) is 6.42 Å². The van der Waals surface area contributed by atoms with Crippen LogP contribution >= 0.6 is 11.8 Å². The monoisotopic (exact) mass is 118 g/mol. The Morgan fingerprint density at radius 3 is 2.86 bits per heavy atom. The number of thioether (sulfide) groups is 1. The quantitative estimate of drug-likeness (QED) is 0.466. The van der Waals surface area contributed by atoms with Crippen LogP contribution in [0.15, 0.2) is 0 Å². The molecule has 1 heterocycles. The van der Waals surface area contributed by atoms with Gasteiger partial charge in [0.2, 0.25) is 0 Å². The number of ether oxygens (including phenoxy) is 1. The van der Waals surface area contributed by atoms with Gasteiger partial charge in [0.1, 0.15) is 0 Å². The largest absolute Gasteiger partial charge is 0.370 e. The van der Waals surface area contributed by atoms with Crippen molar-refractivity contribution in [1.29, 1.82) is 0 Å². The first-order valence-electron chi connectivity index (χ1n) is 2.13. The molecule has 1 fully saturated rings. The molecule has 0 aromatic carbocycles. The molecule has 0 aliphatic carbocycles.